The highest BCUT2D eigenvalue weighted by atomic mass is 16.5. The first-order chi connectivity index (χ1) is 11.0. The Bertz CT molecular complexity index is 674. The third-order valence-corrected chi connectivity index (χ3v) is 4.09. The van der Waals surface area contributed by atoms with E-state index >= 15 is 0 Å². The third-order valence-electron chi connectivity index (χ3n) is 4.09. The van der Waals surface area contributed by atoms with Crippen LogP contribution in [0.25, 0.3) is 0 Å². The van der Waals surface area contributed by atoms with Gasteiger partial charge in [-0.1, -0.05) is 5.16 Å². The Balaban J connectivity index is 1.59. The van der Waals surface area contributed by atoms with Crippen molar-refractivity contribution >= 4 is 5.91 Å². The van der Waals surface area contributed by atoms with E-state index in [0.29, 0.717) is 38.4 Å². The second kappa shape index (κ2) is 6.49. The van der Waals surface area contributed by atoms with Crippen molar-refractivity contribution in [2.75, 3.05) is 19.7 Å². The average Bonchev–Trinajstić information content (AvgIpc) is 3.12. The van der Waals surface area contributed by atoms with Gasteiger partial charge in [0.2, 0.25) is 5.91 Å². The summed E-state index contributed by atoms with van der Waals surface area (Å²) in [5, 5.41) is 10.8. The number of aromatic amines is 1. The standard InChI is InChI=1S/C15H21N5O3/c1-9-12(10(2)23-19-9)4-5-14(21)20-6-7-22-13(8-20)15-16-11(3)17-18-15/h13H,4-8H2,1-3H3,(H,16,17,18)/t13-/m1/s1. The number of rotatable bonds is 4. The van der Waals surface area contributed by atoms with Gasteiger partial charge in [-0.25, -0.2) is 4.98 Å². The molecule has 2 aromatic rings. The van der Waals surface area contributed by atoms with Crippen LogP contribution in [0.3, 0.4) is 0 Å². The van der Waals surface area contributed by atoms with Crippen LogP contribution in [0.5, 0.6) is 0 Å². The molecule has 0 spiro atoms. The van der Waals surface area contributed by atoms with E-state index in [1.165, 1.54) is 0 Å². The number of amides is 1. The number of hydrogen-bond acceptors (Lipinski definition) is 6. The van der Waals surface area contributed by atoms with E-state index in [1.807, 2.05) is 25.7 Å². The Hall–Kier alpha value is -2.22. The van der Waals surface area contributed by atoms with Crippen molar-refractivity contribution in [1.82, 2.24) is 25.2 Å². The summed E-state index contributed by atoms with van der Waals surface area (Å²) in [6.07, 6.45) is 0.807. The Labute approximate surface area is 134 Å². The van der Waals surface area contributed by atoms with Crippen molar-refractivity contribution in [2.45, 2.75) is 39.7 Å². The molecule has 0 radical (unpaired) electrons. The maximum atomic E-state index is 12.5. The van der Waals surface area contributed by atoms with Gasteiger partial charge in [-0.15, -0.1) is 0 Å². The predicted molar refractivity (Wildman–Crippen MR) is 80.7 cm³/mol. The highest BCUT2D eigenvalue weighted by molar-refractivity contribution is 5.76. The maximum Gasteiger partial charge on any atom is 0.223 e. The Morgan fingerprint density at radius 1 is 1.39 bits per heavy atom. The lowest BCUT2D eigenvalue weighted by molar-refractivity contribution is -0.139. The van der Waals surface area contributed by atoms with E-state index in [4.69, 9.17) is 9.26 Å². The lowest BCUT2D eigenvalue weighted by Crippen LogP contribution is -2.42. The lowest BCUT2D eigenvalue weighted by atomic mass is 10.1. The van der Waals surface area contributed by atoms with Crippen molar-refractivity contribution in [2.24, 2.45) is 0 Å². The topological polar surface area (TPSA) is 97.1 Å². The molecule has 8 heteroatoms. The molecule has 2 aromatic heterocycles. The molecule has 0 unspecified atom stereocenters. The molecule has 1 aliphatic rings. The molecule has 1 aliphatic heterocycles. The largest absolute Gasteiger partial charge is 0.366 e. The number of carbonyl (C=O) groups is 1. The van der Waals surface area contributed by atoms with E-state index in [9.17, 15) is 4.79 Å². The van der Waals surface area contributed by atoms with Crippen LogP contribution in [-0.4, -0.2) is 50.8 Å². The van der Waals surface area contributed by atoms with Crippen LogP contribution in [0, 0.1) is 20.8 Å². The minimum atomic E-state index is -0.267. The van der Waals surface area contributed by atoms with Gasteiger partial charge in [0, 0.05) is 18.5 Å². The molecule has 8 nitrogen and oxygen atoms in total. The molecular weight excluding hydrogens is 298 g/mol. The Kier molecular flexibility index (Phi) is 4.42. The second-order valence-electron chi connectivity index (χ2n) is 5.78. The molecule has 3 heterocycles. The third kappa shape index (κ3) is 3.42. The van der Waals surface area contributed by atoms with E-state index in [-0.39, 0.29) is 12.0 Å². The van der Waals surface area contributed by atoms with Gasteiger partial charge in [0.15, 0.2) is 5.82 Å². The van der Waals surface area contributed by atoms with Crippen molar-refractivity contribution in [3.63, 3.8) is 0 Å². The summed E-state index contributed by atoms with van der Waals surface area (Å²) in [6.45, 7) is 7.18. The van der Waals surface area contributed by atoms with Crippen LogP contribution in [-0.2, 0) is 16.0 Å². The molecule has 0 bridgehead atoms. The molecule has 1 fully saturated rings. The number of nitrogens with zero attached hydrogens (tertiary/aromatic N) is 4. The predicted octanol–water partition coefficient (Wildman–Crippen LogP) is 1.25. The summed E-state index contributed by atoms with van der Waals surface area (Å²) in [5.74, 6) is 2.23. The van der Waals surface area contributed by atoms with E-state index < -0.39 is 0 Å². The molecule has 124 valence electrons. The number of aromatic nitrogens is 4. The molecule has 1 atom stereocenters. The summed E-state index contributed by atoms with van der Waals surface area (Å²) in [7, 11) is 0. The molecule has 0 aliphatic carbocycles. The zero-order chi connectivity index (χ0) is 16.4. The van der Waals surface area contributed by atoms with Gasteiger partial charge in [0.1, 0.15) is 17.7 Å². The van der Waals surface area contributed by atoms with E-state index in [0.717, 1.165) is 22.8 Å². The first kappa shape index (κ1) is 15.7. The molecule has 1 saturated heterocycles. The highest BCUT2D eigenvalue weighted by Gasteiger charge is 2.28. The summed E-state index contributed by atoms with van der Waals surface area (Å²) in [6, 6.07) is 0. The number of carbonyl (C=O) groups excluding carboxylic acids is 1. The molecule has 1 amide bonds. The number of ether oxygens (including phenoxy) is 1. The van der Waals surface area contributed by atoms with Gasteiger partial charge in [-0.05, 0) is 27.2 Å². The highest BCUT2D eigenvalue weighted by Crippen LogP contribution is 2.21. The smallest absolute Gasteiger partial charge is 0.223 e. The number of H-pyrrole nitrogens is 1. The van der Waals surface area contributed by atoms with Crippen molar-refractivity contribution in [1.29, 1.82) is 0 Å². The van der Waals surface area contributed by atoms with Gasteiger partial charge in [0.05, 0.1) is 18.8 Å². The second-order valence-corrected chi connectivity index (χ2v) is 5.78. The Morgan fingerprint density at radius 3 is 2.87 bits per heavy atom. The Morgan fingerprint density at radius 2 is 2.22 bits per heavy atom. The van der Waals surface area contributed by atoms with Crippen LogP contribution >= 0.6 is 0 Å². The lowest BCUT2D eigenvalue weighted by Gasteiger charge is -2.31. The van der Waals surface area contributed by atoms with Gasteiger partial charge in [0.25, 0.3) is 0 Å². The number of hydrogen-bond donors (Lipinski definition) is 1. The quantitative estimate of drug-likeness (QED) is 0.911. The molecule has 23 heavy (non-hydrogen) atoms. The van der Waals surface area contributed by atoms with Crippen molar-refractivity contribution < 1.29 is 14.1 Å². The number of nitrogens with one attached hydrogen (secondary N) is 1. The monoisotopic (exact) mass is 319 g/mol. The summed E-state index contributed by atoms with van der Waals surface area (Å²) in [5.41, 5.74) is 1.87. The van der Waals surface area contributed by atoms with Gasteiger partial charge in [-0.3, -0.25) is 9.89 Å². The van der Waals surface area contributed by atoms with Crippen LogP contribution in [0.15, 0.2) is 4.52 Å². The summed E-state index contributed by atoms with van der Waals surface area (Å²) < 4.78 is 10.8. The SMILES string of the molecule is Cc1nc([C@H]2CN(C(=O)CCc3c(C)noc3C)CCO2)n[nH]1. The molecule has 0 saturated carbocycles. The zero-order valence-corrected chi connectivity index (χ0v) is 13.6. The van der Waals surface area contributed by atoms with E-state index in [2.05, 4.69) is 20.3 Å². The fourth-order valence-electron chi connectivity index (χ4n) is 2.78. The van der Waals surface area contributed by atoms with Crippen LogP contribution in [0.4, 0.5) is 0 Å². The van der Waals surface area contributed by atoms with Crippen LogP contribution in [0.1, 0.15) is 41.2 Å². The summed E-state index contributed by atoms with van der Waals surface area (Å²) in [4.78, 5) is 18.6. The molecule has 3 rings (SSSR count). The minimum Gasteiger partial charge on any atom is -0.366 e. The zero-order valence-electron chi connectivity index (χ0n) is 13.6. The fourth-order valence-corrected chi connectivity index (χ4v) is 2.78. The normalized spacial score (nSPS) is 18.4. The number of morpholine rings is 1. The van der Waals surface area contributed by atoms with E-state index in [1.54, 1.807) is 0 Å². The van der Waals surface area contributed by atoms with Gasteiger partial charge >= 0.3 is 0 Å². The molecular formula is C15H21N5O3. The minimum absolute atomic E-state index is 0.102. The summed E-state index contributed by atoms with van der Waals surface area (Å²) >= 11 is 0. The first-order valence-electron chi connectivity index (χ1n) is 7.74. The molecule has 1 N–H and O–H groups in total. The first-order valence-corrected chi connectivity index (χ1v) is 7.74. The van der Waals surface area contributed by atoms with Gasteiger partial charge < -0.3 is 14.2 Å². The van der Waals surface area contributed by atoms with Crippen LogP contribution < -0.4 is 0 Å². The number of aryl methyl sites for hydroxylation is 3. The van der Waals surface area contributed by atoms with Crippen molar-refractivity contribution in [3.05, 3.63) is 28.7 Å². The van der Waals surface area contributed by atoms with Crippen LogP contribution in [0.2, 0.25) is 0 Å². The van der Waals surface area contributed by atoms with Gasteiger partial charge in [-0.2, -0.15) is 5.10 Å². The fraction of sp³-hybridized carbons (Fsp3) is 0.600. The maximum absolute atomic E-state index is 12.5. The average molecular weight is 319 g/mol. The van der Waals surface area contributed by atoms with Crippen molar-refractivity contribution in [3.8, 4) is 0 Å². The molecule has 0 aromatic carbocycles.